The molecule has 9 heteroatoms. The second-order valence-electron chi connectivity index (χ2n) is 7.48. The molecule has 1 fully saturated rings. The number of nitrogens with zero attached hydrogens (tertiary/aromatic N) is 4. The monoisotopic (exact) mass is 423 g/mol. The molecule has 8 nitrogen and oxygen atoms in total. The number of nitrogens with one attached hydrogen (secondary N) is 1. The van der Waals surface area contributed by atoms with Gasteiger partial charge in [0.2, 0.25) is 0 Å². The zero-order valence-electron chi connectivity index (χ0n) is 17.1. The first-order valence-corrected chi connectivity index (χ1v) is 10.2. The van der Waals surface area contributed by atoms with E-state index >= 15 is 0 Å². The van der Waals surface area contributed by atoms with Gasteiger partial charge in [-0.2, -0.15) is 5.10 Å². The predicted molar refractivity (Wildman–Crippen MR) is 113 cm³/mol. The first kappa shape index (κ1) is 19.7. The molecule has 0 saturated carbocycles. The maximum atomic E-state index is 14.1. The van der Waals surface area contributed by atoms with Gasteiger partial charge < -0.3 is 14.5 Å². The number of carbonyl (C=O) groups excluding carboxylic acids is 1. The number of rotatable bonds is 5. The Bertz CT molecular complexity index is 1260. The fourth-order valence-electron chi connectivity index (χ4n) is 4.02. The van der Waals surface area contributed by atoms with E-state index in [9.17, 15) is 9.18 Å². The second-order valence-corrected chi connectivity index (χ2v) is 7.48. The Morgan fingerprint density at radius 3 is 2.87 bits per heavy atom. The number of ether oxygens (including phenoxy) is 2. The zero-order chi connectivity index (χ0) is 21.4. The summed E-state index contributed by atoms with van der Waals surface area (Å²) in [5.41, 5.74) is 3.71. The van der Waals surface area contributed by atoms with Crippen LogP contribution in [0.3, 0.4) is 0 Å². The lowest BCUT2D eigenvalue weighted by molar-refractivity contribution is 0.0361. The van der Waals surface area contributed by atoms with E-state index in [1.807, 2.05) is 10.7 Å². The van der Waals surface area contributed by atoms with Crippen LogP contribution in [0.5, 0.6) is 0 Å². The van der Waals surface area contributed by atoms with Gasteiger partial charge in [0.25, 0.3) is 0 Å². The molecule has 4 aromatic rings. The molecule has 5 rings (SSSR count). The van der Waals surface area contributed by atoms with Gasteiger partial charge in [-0.15, -0.1) is 0 Å². The lowest BCUT2D eigenvalue weighted by atomic mass is 10.1. The number of carbonyl (C=O) groups is 1. The Balaban J connectivity index is 1.56. The Morgan fingerprint density at radius 1 is 1.23 bits per heavy atom. The summed E-state index contributed by atoms with van der Waals surface area (Å²) in [5.74, 6) is -0.779. The summed E-state index contributed by atoms with van der Waals surface area (Å²) >= 11 is 0. The molecule has 0 amide bonds. The molecule has 0 radical (unpaired) electrons. The van der Waals surface area contributed by atoms with Crippen LogP contribution in [0.1, 0.15) is 10.4 Å². The molecule has 0 spiro atoms. The van der Waals surface area contributed by atoms with Gasteiger partial charge in [0, 0.05) is 31.2 Å². The van der Waals surface area contributed by atoms with Gasteiger partial charge in [-0.25, -0.2) is 9.18 Å². The topological polar surface area (TPSA) is 85.3 Å². The number of halogens is 1. The number of benzene rings is 1. The van der Waals surface area contributed by atoms with Crippen LogP contribution >= 0.6 is 0 Å². The van der Waals surface area contributed by atoms with Crippen molar-refractivity contribution in [3.8, 4) is 11.4 Å². The van der Waals surface area contributed by atoms with Gasteiger partial charge in [0.15, 0.2) is 0 Å². The largest absolute Gasteiger partial charge is 0.465 e. The van der Waals surface area contributed by atoms with Crippen molar-refractivity contribution in [2.75, 3.05) is 40.0 Å². The van der Waals surface area contributed by atoms with Crippen molar-refractivity contribution in [2.24, 2.45) is 0 Å². The fraction of sp³-hybridized carbons (Fsp3) is 0.318. The first-order chi connectivity index (χ1) is 15.1. The van der Waals surface area contributed by atoms with Crippen LogP contribution in [0.25, 0.3) is 33.3 Å². The van der Waals surface area contributed by atoms with E-state index in [0.29, 0.717) is 39.9 Å². The third kappa shape index (κ3) is 3.66. The zero-order valence-corrected chi connectivity index (χ0v) is 17.1. The maximum absolute atomic E-state index is 14.1. The van der Waals surface area contributed by atoms with E-state index in [-0.39, 0.29) is 5.82 Å². The van der Waals surface area contributed by atoms with Crippen molar-refractivity contribution >= 4 is 27.9 Å². The van der Waals surface area contributed by atoms with Crippen molar-refractivity contribution in [2.45, 2.75) is 6.54 Å². The molecule has 160 valence electrons. The van der Waals surface area contributed by atoms with Gasteiger partial charge in [-0.3, -0.25) is 14.6 Å². The second kappa shape index (κ2) is 8.09. The molecule has 0 bridgehead atoms. The third-order valence-corrected chi connectivity index (χ3v) is 5.63. The number of esters is 1. The molecular weight excluding hydrogens is 401 g/mol. The molecule has 4 heterocycles. The average Bonchev–Trinajstić information content (AvgIpc) is 3.38. The standard InChI is InChI=1S/C22H22FN5O3/c1-30-22(29)15-4-5-24-17-13-18(25-20(15)17)21-16-12-14(23)2-3-19(16)28(26-21)7-6-27-8-10-31-11-9-27/h2-5,12-13,25H,6-11H2,1H3. The number of pyridine rings is 1. The number of hydrogen-bond acceptors (Lipinski definition) is 6. The van der Waals surface area contributed by atoms with Gasteiger partial charge in [-0.05, 0) is 30.3 Å². The first-order valence-electron chi connectivity index (χ1n) is 10.2. The Labute approximate surface area is 177 Å². The minimum absolute atomic E-state index is 0.328. The highest BCUT2D eigenvalue weighted by Gasteiger charge is 2.19. The van der Waals surface area contributed by atoms with Crippen molar-refractivity contribution < 1.29 is 18.7 Å². The van der Waals surface area contributed by atoms with E-state index in [2.05, 4.69) is 14.9 Å². The molecule has 0 atom stereocenters. The Morgan fingerprint density at radius 2 is 2.06 bits per heavy atom. The summed E-state index contributed by atoms with van der Waals surface area (Å²) < 4.78 is 26.3. The van der Waals surface area contributed by atoms with Crippen molar-refractivity contribution in [1.82, 2.24) is 24.6 Å². The lowest BCUT2D eigenvalue weighted by Gasteiger charge is -2.26. The summed E-state index contributed by atoms with van der Waals surface area (Å²) in [6.07, 6.45) is 1.56. The Kier molecular flexibility index (Phi) is 5.13. The molecular formula is C22H22FN5O3. The summed E-state index contributed by atoms with van der Waals surface area (Å²) in [6.45, 7) is 4.77. The lowest BCUT2D eigenvalue weighted by Crippen LogP contribution is -2.38. The number of aromatic amines is 1. The minimum Gasteiger partial charge on any atom is -0.465 e. The molecule has 0 aliphatic carbocycles. The highest BCUT2D eigenvalue weighted by molar-refractivity contribution is 6.04. The van der Waals surface area contributed by atoms with E-state index in [4.69, 9.17) is 14.6 Å². The molecule has 31 heavy (non-hydrogen) atoms. The van der Waals surface area contributed by atoms with Gasteiger partial charge in [0.1, 0.15) is 11.5 Å². The predicted octanol–water partition coefficient (Wildman–Crippen LogP) is 2.84. The quantitative estimate of drug-likeness (QED) is 0.497. The number of morpholine rings is 1. The van der Waals surface area contributed by atoms with Crippen molar-refractivity contribution in [1.29, 1.82) is 0 Å². The molecule has 1 aromatic carbocycles. The van der Waals surface area contributed by atoms with Gasteiger partial charge in [0.05, 0.1) is 54.7 Å². The highest BCUT2D eigenvalue weighted by atomic mass is 19.1. The van der Waals surface area contributed by atoms with E-state index in [1.165, 1.54) is 19.2 Å². The SMILES string of the molecule is COC(=O)c1ccnc2cc(-c3nn(CCN4CCOCC4)c4ccc(F)cc34)[nH]c12. The van der Waals surface area contributed by atoms with Crippen molar-refractivity contribution in [3.05, 3.63) is 47.9 Å². The summed E-state index contributed by atoms with van der Waals surface area (Å²) in [4.78, 5) is 22.0. The molecule has 1 saturated heterocycles. The van der Waals surface area contributed by atoms with Crippen LogP contribution in [-0.4, -0.2) is 70.6 Å². The van der Waals surface area contributed by atoms with E-state index in [1.54, 1.807) is 18.3 Å². The van der Waals surface area contributed by atoms with Crippen LogP contribution in [0.15, 0.2) is 36.5 Å². The molecule has 1 aliphatic rings. The molecule has 1 aliphatic heterocycles. The number of methoxy groups -OCH3 is 1. The summed E-state index contributed by atoms with van der Waals surface area (Å²) in [7, 11) is 1.34. The van der Waals surface area contributed by atoms with Crippen molar-refractivity contribution in [3.63, 3.8) is 0 Å². The van der Waals surface area contributed by atoms with Crippen LogP contribution in [0, 0.1) is 5.82 Å². The Hall–Kier alpha value is -3.30. The smallest absolute Gasteiger partial charge is 0.340 e. The number of H-pyrrole nitrogens is 1. The minimum atomic E-state index is -0.451. The number of aromatic nitrogens is 4. The molecule has 0 unspecified atom stereocenters. The van der Waals surface area contributed by atoms with Crippen LogP contribution < -0.4 is 0 Å². The highest BCUT2D eigenvalue weighted by Crippen LogP contribution is 2.31. The van der Waals surface area contributed by atoms with Gasteiger partial charge in [-0.1, -0.05) is 0 Å². The van der Waals surface area contributed by atoms with Gasteiger partial charge >= 0.3 is 5.97 Å². The maximum Gasteiger partial charge on any atom is 0.340 e. The summed E-state index contributed by atoms with van der Waals surface area (Å²) in [6, 6.07) is 8.11. The van der Waals surface area contributed by atoms with Crippen LogP contribution in [0.2, 0.25) is 0 Å². The van der Waals surface area contributed by atoms with E-state index < -0.39 is 5.97 Å². The van der Waals surface area contributed by atoms with Crippen LogP contribution in [0.4, 0.5) is 4.39 Å². The fourth-order valence-corrected chi connectivity index (χ4v) is 4.02. The molecule has 1 N–H and O–H groups in total. The number of hydrogen-bond donors (Lipinski definition) is 1. The van der Waals surface area contributed by atoms with E-state index in [0.717, 1.165) is 38.4 Å². The summed E-state index contributed by atoms with van der Waals surface area (Å²) in [5, 5.41) is 5.49. The third-order valence-electron chi connectivity index (χ3n) is 5.63. The molecule has 3 aromatic heterocycles. The van der Waals surface area contributed by atoms with Crippen LogP contribution in [-0.2, 0) is 16.0 Å². The average molecular weight is 423 g/mol. The normalized spacial score (nSPS) is 15.0. The number of fused-ring (bicyclic) bond motifs is 2.